The lowest BCUT2D eigenvalue weighted by molar-refractivity contribution is 1.35. The zero-order valence-electron chi connectivity index (χ0n) is 19.5. The van der Waals surface area contributed by atoms with Gasteiger partial charge in [0.1, 0.15) is 0 Å². The fourth-order valence-corrected chi connectivity index (χ4v) is 4.74. The maximum Gasteiger partial charge on any atom is 0.0725 e. The molecule has 0 saturated carbocycles. The van der Waals surface area contributed by atoms with E-state index < -0.39 is 0 Å². The van der Waals surface area contributed by atoms with Gasteiger partial charge in [0.25, 0.3) is 0 Å². The van der Waals surface area contributed by atoms with Gasteiger partial charge in [0.2, 0.25) is 0 Å². The third-order valence-corrected chi connectivity index (χ3v) is 6.67. The first-order valence-electron chi connectivity index (χ1n) is 12.0. The molecule has 0 fully saturated rings. The van der Waals surface area contributed by atoms with Gasteiger partial charge in [0.05, 0.1) is 27.9 Å². The highest BCUT2D eigenvalue weighted by Crippen LogP contribution is 2.30. The lowest BCUT2D eigenvalue weighted by Gasteiger charge is -2.09. The molecule has 4 aromatic carbocycles. The number of para-hydroxylation sites is 1. The summed E-state index contributed by atoms with van der Waals surface area (Å²) in [5.41, 5.74) is 9.23. The van der Waals surface area contributed by atoms with Crippen LogP contribution < -0.4 is 0 Å². The third-order valence-electron chi connectivity index (χ3n) is 6.67. The van der Waals surface area contributed by atoms with E-state index >= 15 is 0 Å². The number of rotatable bonds is 3. The normalized spacial score (nSPS) is 11.3. The van der Waals surface area contributed by atoms with Crippen molar-refractivity contribution in [2.75, 3.05) is 0 Å². The van der Waals surface area contributed by atoms with Crippen LogP contribution in [0.15, 0.2) is 128 Å². The Hall–Kier alpha value is -4.89. The van der Waals surface area contributed by atoms with Crippen molar-refractivity contribution in [3.63, 3.8) is 0 Å². The highest BCUT2D eigenvalue weighted by molar-refractivity contribution is 5.91. The Morgan fingerprint density at radius 1 is 0.361 bits per heavy atom. The Morgan fingerprint density at radius 2 is 0.944 bits per heavy atom. The molecular weight excluding hydrogens is 438 g/mol. The Morgan fingerprint density at radius 3 is 1.64 bits per heavy atom. The van der Waals surface area contributed by atoms with Crippen molar-refractivity contribution in [3.05, 3.63) is 128 Å². The van der Waals surface area contributed by atoms with Crippen LogP contribution >= 0.6 is 0 Å². The van der Waals surface area contributed by atoms with Crippen LogP contribution in [0.5, 0.6) is 0 Å². The van der Waals surface area contributed by atoms with Gasteiger partial charge in [-0.1, -0.05) is 84.9 Å². The standard InChI is InChI=1S/C33H21N3/c1-2-6-22(7-3-1)30-16-14-23-10-12-25(19-32(23)35-30)26-13-11-24-15-17-31(36-33(24)20-26)28-18-27-8-4-5-9-29(27)34-21-28/h1-21H. The molecule has 0 amide bonds. The second kappa shape index (κ2) is 8.40. The van der Waals surface area contributed by atoms with Gasteiger partial charge in [0.15, 0.2) is 0 Å². The van der Waals surface area contributed by atoms with E-state index in [-0.39, 0.29) is 0 Å². The van der Waals surface area contributed by atoms with Crippen molar-refractivity contribution in [2.45, 2.75) is 0 Å². The van der Waals surface area contributed by atoms with Gasteiger partial charge in [-0.15, -0.1) is 0 Å². The van der Waals surface area contributed by atoms with Crippen LogP contribution in [0.2, 0.25) is 0 Å². The molecule has 168 valence electrons. The summed E-state index contributed by atoms with van der Waals surface area (Å²) in [6.45, 7) is 0. The molecule has 3 heteroatoms. The summed E-state index contributed by atoms with van der Waals surface area (Å²) in [5, 5.41) is 3.36. The van der Waals surface area contributed by atoms with Gasteiger partial charge in [-0.05, 0) is 47.5 Å². The molecule has 0 saturated heterocycles. The second-order valence-corrected chi connectivity index (χ2v) is 8.99. The van der Waals surface area contributed by atoms with Crippen LogP contribution in [0.25, 0.3) is 66.4 Å². The number of pyridine rings is 3. The van der Waals surface area contributed by atoms with Crippen LogP contribution in [-0.4, -0.2) is 15.0 Å². The molecule has 0 aliphatic carbocycles. The minimum Gasteiger partial charge on any atom is -0.256 e. The molecule has 0 atom stereocenters. The highest BCUT2D eigenvalue weighted by Gasteiger charge is 2.08. The lowest BCUT2D eigenvalue weighted by Crippen LogP contribution is -1.89. The second-order valence-electron chi connectivity index (χ2n) is 8.99. The highest BCUT2D eigenvalue weighted by atomic mass is 14.7. The molecule has 3 aromatic heterocycles. The van der Waals surface area contributed by atoms with Crippen molar-refractivity contribution in [2.24, 2.45) is 0 Å². The fraction of sp³-hybridized carbons (Fsp3) is 0. The van der Waals surface area contributed by atoms with E-state index in [2.05, 4.69) is 89.9 Å². The molecule has 0 aliphatic heterocycles. The molecule has 0 N–H and O–H groups in total. The number of hydrogen-bond donors (Lipinski definition) is 0. The molecule has 3 heterocycles. The van der Waals surface area contributed by atoms with Crippen LogP contribution in [0.3, 0.4) is 0 Å². The summed E-state index contributed by atoms with van der Waals surface area (Å²) < 4.78 is 0. The number of benzene rings is 4. The third kappa shape index (κ3) is 3.68. The summed E-state index contributed by atoms with van der Waals surface area (Å²) in [6.07, 6.45) is 1.90. The Kier molecular flexibility index (Phi) is 4.78. The van der Waals surface area contributed by atoms with E-state index in [1.165, 1.54) is 0 Å². The largest absolute Gasteiger partial charge is 0.256 e. The van der Waals surface area contributed by atoms with Crippen LogP contribution in [0, 0.1) is 0 Å². The predicted molar refractivity (Wildman–Crippen MR) is 149 cm³/mol. The summed E-state index contributed by atoms with van der Waals surface area (Å²) in [4.78, 5) is 14.6. The van der Waals surface area contributed by atoms with Crippen molar-refractivity contribution in [1.82, 2.24) is 15.0 Å². The lowest BCUT2D eigenvalue weighted by atomic mass is 10.0. The Bertz CT molecular complexity index is 1890. The molecule has 0 aliphatic rings. The van der Waals surface area contributed by atoms with E-state index in [1.54, 1.807) is 0 Å². The van der Waals surface area contributed by atoms with Gasteiger partial charge >= 0.3 is 0 Å². The van der Waals surface area contributed by atoms with Gasteiger partial charge in [-0.25, -0.2) is 9.97 Å². The van der Waals surface area contributed by atoms with Crippen LogP contribution in [-0.2, 0) is 0 Å². The minimum atomic E-state index is 0.922. The quantitative estimate of drug-likeness (QED) is 0.267. The molecule has 36 heavy (non-hydrogen) atoms. The summed E-state index contributed by atoms with van der Waals surface area (Å²) in [6, 6.07) is 42.0. The topological polar surface area (TPSA) is 38.7 Å². The van der Waals surface area contributed by atoms with Crippen molar-refractivity contribution >= 4 is 32.7 Å². The van der Waals surface area contributed by atoms with Crippen molar-refractivity contribution in [1.29, 1.82) is 0 Å². The molecule has 0 radical (unpaired) electrons. The predicted octanol–water partition coefficient (Wildman–Crippen LogP) is 8.33. The first-order chi connectivity index (χ1) is 17.8. The number of nitrogens with zero attached hydrogens (tertiary/aromatic N) is 3. The van der Waals surface area contributed by atoms with E-state index in [1.807, 2.05) is 42.6 Å². The molecule has 3 nitrogen and oxygen atoms in total. The Balaban J connectivity index is 1.30. The molecule has 0 bridgehead atoms. The SMILES string of the molecule is c1ccc(-c2ccc3ccc(-c4ccc5ccc(-c6cnc7ccccc7c6)nc5c4)cc3n2)cc1. The molecular formula is C33H21N3. The first kappa shape index (κ1) is 20.5. The molecule has 7 rings (SSSR count). The average molecular weight is 460 g/mol. The number of fused-ring (bicyclic) bond motifs is 3. The smallest absolute Gasteiger partial charge is 0.0725 e. The van der Waals surface area contributed by atoms with E-state index in [4.69, 9.17) is 9.97 Å². The average Bonchev–Trinajstić information content (AvgIpc) is 2.96. The van der Waals surface area contributed by atoms with Gasteiger partial charge in [-0.3, -0.25) is 4.98 Å². The van der Waals surface area contributed by atoms with E-state index in [0.717, 1.165) is 66.4 Å². The fourth-order valence-electron chi connectivity index (χ4n) is 4.74. The molecule has 7 aromatic rings. The maximum absolute atomic E-state index is 5.00. The maximum atomic E-state index is 5.00. The zero-order chi connectivity index (χ0) is 23.9. The monoisotopic (exact) mass is 459 g/mol. The van der Waals surface area contributed by atoms with Crippen LogP contribution in [0.1, 0.15) is 0 Å². The Labute approximate surface area is 208 Å². The van der Waals surface area contributed by atoms with Gasteiger partial charge in [-0.2, -0.15) is 0 Å². The van der Waals surface area contributed by atoms with E-state index in [0.29, 0.717) is 0 Å². The van der Waals surface area contributed by atoms with E-state index in [9.17, 15) is 0 Å². The first-order valence-corrected chi connectivity index (χ1v) is 12.0. The summed E-state index contributed by atoms with van der Waals surface area (Å²) in [7, 11) is 0. The van der Waals surface area contributed by atoms with Gasteiger partial charge < -0.3 is 0 Å². The van der Waals surface area contributed by atoms with Crippen molar-refractivity contribution < 1.29 is 0 Å². The zero-order valence-corrected chi connectivity index (χ0v) is 19.5. The van der Waals surface area contributed by atoms with Crippen molar-refractivity contribution in [3.8, 4) is 33.6 Å². The minimum absolute atomic E-state index is 0.922. The summed E-state index contributed by atoms with van der Waals surface area (Å²) in [5.74, 6) is 0. The number of aromatic nitrogens is 3. The molecule has 0 unspecified atom stereocenters. The van der Waals surface area contributed by atoms with Gasteiger partial charge in [0, 0.05) is 33.5 Å². The number of hydrogen-bond acceptors (Lipinski definition) is 3. The molecule has 0 spiro atoms. The van der Waals surface area contributed by atoms with Crippen LogP contribution in [0.4, 0.5) is 0 Å². The summed E-state index contributed by atoms with van der Waals surface area (Å²) >= 11 is 0.